The van der Waals surface area contributed by atoms with Crippen LogP contribution in [0.4, 0.5) is 11.4 Å². The third-order valence-electron chi connectivity index (χ3n) is 3.89. The highest BCUT2D eigenvalue weighted by Crippen LogP contribution is 2.30. The minimum absolute atomic E-state index is 0.0455. The van der Waals surface area contributed by atoms with Gasteiger partial charge in [0.2, 0.25) is 0 Å². The van der Waals surface area contributed by atoms with Gasteiger partial charge in [-0.25, -0.2) is 4.98 Å². The monoisotopic (exact) mass is 357 g/mol. The average Bonchev–Trinajstić information content (AvgIpc) is 2.59. The van der Waals surface area contributed by atoms with Crippen molar-refractivity contribution in [2.45, 2.75) is 13.0 Å². The molecule has 25 heavy (non-hydrogen) atoms. The Bertz CT molecular complexity index is 946. The fourth-order valence-electron chi connectivity index (χ4n) is 2.72. The molecule has 0 spiro atoms. The van der Waals surface area contributed by atoms with Gasteiger partial charge in [0.05, 0.1) is 11.0 Å². The van der Waals surface area contributed by atoms with Crippen LogP contribution in [0.25, 0.3) is 10.9 Å². The largest absolute Gasteiger partial charge is 0.387 e. The van der Waals surface area contributed by atoms with E-state index in [9.17, 15) is 15.2 Å². The number of para-hydroxylation sites is 1. The number of nitrogens with zero attached hydrogens (tertiary/aromatic N) is 2. The topological polar surface area (TPSA) is 88.3 Å². The second-order valence-electron chi connectivity index (χ2n) is 5.66. The first-order valence-electron chi connectivity index (χ1n) is 7.68. The second kappa shape index (κ2) is 7.04. The van der Waals surface area contributed by atoms with Crippen molar-refractivity contribution >= 4 is 33.9 Å². The number of aliphatic hydroxyl groups is 1. The number of non-ortho nitro benzene ring substituents is 1. The summed E-state index contributed by atoms with van der Waals surface area (Å²) in [5, 5.41) is 25.9. The standard InChI is InChI=1S/C18H16ClN3O3/c1-11-9-15(13-6-4-8-16(22(24)25)18(13)21-11)20-10-17(23)12-5-2-3-7-14(12)19/h2-9,17,23H,10H2,1H3,(H,20,21). The van der Waals surface area contributed by atoms with Crippen LogP contribution in [0, 0.1) is 17.0 Å². The quantitative estimate of drug-likeness (QED) is 0.526. The Morgan fingerprint density at radius 3 is 2.76 bits per heavy atom. The van der Waals surface area contributed by atoms with Crippen LogP contribution in [0.2, 0.25) is 5.02 Å². The van der Waals surface area contributed by atoms with E-state index in [1.807, 2.05) is 0 Å². The zero-order valence-corrected chi connectivity index (χ0v) is 14.2. The minimum atomic E-state index is -0.809. The van der Waals surface area contributed by atoms with Gasteiger partial charge in [-0.3, -0.25) is 10.1 Å². The van der Waals surface area contributed by atoms with Crippen LogP contribution in [0.3, 0.4) is 0 Å². The number of pyridine rings is 1. The van der Waals surface area contributed by atoms with Gasteiger partial charge in [0, 0.05) is 40.0 Å². The van der Waals surface area contributed by atoms with E-state index in [4.69, 9.17) is 11.6 Å². The van der Waals surface area contributed by atoms with E-state index < -0.39 is 11.0 Å². The van der Waals surface area contributed by atoms with Crippen molar-refractivity contribution in [1.82, 2.24) is 4.98 Å². The molecule has 0 saturated heterocycles. The van der Waals surface area contributed by atoms with Crippen LogP contribution in [-0.4, -0.2) is 21.6 Å². The van der Waals surface area contributed by atoms with E-state index in [2.05, 4.69) is 10.3 Å². The molecule has 7 heteroatoms. The molecule has 3 rings (SSSR count). The Morgan fingerprint density at radius 2 is 2.04 bits per heavy atom. The zero-order valence-electron chi connectivity index (χ0n) is 13.4. The summed E-state index contributed by atoms with van der Waals surface area (Å²) in [5.74, 6) is 0. The summed E-state index contributed by atoms with van der Waals surface area (Å²) in [7, 11) is 0. The van der Waals surface area contributed by atoms with Gasteiger partial charge in [0.1, 0.15) is 0 Å². The molecule has 6 nitrogen and oxygen atoms in total. The van der Waals surface area contributed by atoms with Crippen LogP contribution in [0.15, 0.2) is 48.5 Å². The average molecular weight is 358 g/mol. The lowest BCUT2D eigenvalue weighted by atomic mass is 10.1. The maximum atomic E-state index is 11.2. The SMILES string of the molecule is Cc1cc(NCC(O)c2ccccc2Cl)c2cccc([N+](=O)[O-])c2n1. The summed E-state index contributed by atoms with van der Waals surface area (Å²) < 4.78 is 0. The van der Waals surface area contributed by atoms with Crippen LogP contribution in [-0.2, 0) is 0 Å². The van der Waals surface area contributed by atoms with Crippen LogP contribution < -0.4 is 5.32 Å². The third-order valence-corrected chi connectivity index (χ3v) is 4.24. The summed E-state index contributed by atoms with van der Waals surface area (Å²) >= 11 is 6.10. The molecule has 2 N–H and O–H groups in total. The fourth-order valence-corrected chi connectivity index (χ4v) is 2.98. The molecular formula is C18H16ClN3O3. The van der Waals surface area contributed by atoms with Crippen molar-refractivity contribution in [3.63, 3.8) is 0 Å². The van der Waals surface area contributed by atoms with Gasteiger partial charge in [0.25, 0.3) is 5.69 Å². The van der Waals surface area contributed by atoms with E-state index in [0.29, 0.717) is 32.9 Å². The molecule has 128 valence electrons. The van der Waals surface area contributed by atoms with Gasteiger partial charge < -0.3 is 10.4 Å². The molecule has 0 aliphatic heterocycles. The number of nitro groups is 1. The van der Waals surface area contributed by atoms with Crippen LogP contribution >= 0.6 is 11.6 Å². The van der Waals surface area contributed by atoms with Crippen LogP contribution in [0.1, 0.15) is 17.4 Å². The number of nitrogens with one attached hydrogen (secondary N) is 1. The first kappa shape index (κ1) is 17.1. The molecule has 1 unspecified atom stereocenters. The molecule has 0 bridgehead atoms. The number of hydrogen-bond acceptors (Lipinski definition) is 5. The lowest BCUT2D eigenvalue weighted by molar-refractivity contribution is -0.383. The molecule has 2 aromatic carbocycles. The number of rotatable bonds is 5. The number of aliphatic hydroxyl groups excluding tert-OH is 1. The Kier molecular flexibility index (Phi) is 4.83. The number of fused-ring (bicyclic) bond motifs is 1. The Hall–Kier alpha value is -2.70. The summed E-state index contributed by atoms with van der Waals surface area (Å²) in [5.41, 5.74) is 2.23. The number of aromatic nitrogens is 1. The van der Waals surface area contributed by atoms with Crippen LogP contribution in [0.5, 0.6) is 0 Å². The molecule has 0 amide bonds. The van der Waals surface area contributed by atoms with E-state index >= 15 is 0 Å². The summed E-state index contributed by atoms with van der Waals surface area (Å²) in [4.78, 5) is 15.1. The molecule has 0 aliphatic rings. The summed E-state index contributed by atoms with van der Waals surface area (Å²) in [6.45, 7) is 1.98. The highest BCUT2D eigenvalue weighted by atomic mass is 35.5. The Morgan fingerprint density at radius 1 is 1.28 bits per heavy atom. The first-order valence-corrected chi connectivity index (χ1v) is 8.06. The molecular weight excluding hydrogens is 342 g/mol. The van der Waals surface area contributed by atoms with Crippen molar-refractivity contribution < 1.29 is 10.0 Å². The van der Waals surface area contributed by atoms with Crippen molar-refractivity contribution in [1.29, 1.82) is 0 Å². The lowest BCUT2D eigenvalue weighted by Gasteiger charge is -2.16. The summed E-state index contributed by atoms with van der Waals surface area (Å²) in [6, 6.07) is 13.7. The highest BCUT2D eigenvalue weighted by molar-refractivity contribution is 6.31. The number of hydrogen-bond donors (Lipinski definition) is 2. The summed E-state index contributed by atoms with van der Waals surface area (Å²) in [6.07, 6.45) is -0.809. The predicted molar refractivity (Wildman–Crippen MR) is 98.0 cm³/mol. The fraction of sp³-hybridized carbons (Fsp3) is 0.167. The number of nitro benzene ring substituents is 1. The zero-order chi connectivity index (χ0) is 18.0. The molecule has 3 aromatic rings. The first-order chi connectivity index (χ1) is 12.0. The van der Waals surface area contributed by atoms with Gasteiger partial charge in [-0.2, -0.15) is 0 Å². The van der Waals surface area contributed by atoms with Crippen molar-refractivity contribution in [2.24, 2.45) is 0 Å². The van der Waals surface area contributed by atoms with Crippen molar-refractivity contribution in [3.05, 3.63) is 74.9 Å². The normalized spacial score (nSPS) is 12.1. The van der Waals surface area contributed by atoms with Gasteiger partial charge in [0.15, 0.2) is 5.52 Å². The number of anilines is 1. The van der Waals surface area contributed by atoms with E-state index in [1.165, 1.54) is 6.07 Å². The van der Waals surface area contributed by atoms with E-state index in [1.54, 1.807) is 49.4 Å². The van der Waals surface area contributed by atoms with Crippen molar-refractivity contribution in [3.8, 4) is 0 Å². The highest BCUT2D eigenvalue weighted by Gasteiger charge is 2.17. The Balaban J connectivity index is 1.93. The lowest BCUT2D eigenvalue weighted by Crippen LogP contribution is -2.13. The molecule has 0 fully saturated rings. The smallest absolute Gasteiger partial charge is 0.295 e. The maximum Gasteiger partial charge on any atom is 0.295 e. The number of benzene rings is 2. The third kappa shape index (κ3) is 3.55. The van der Waals surface area contributed by atoms with Gasteiger partial charge in [-0.1, -0.05) is 41.9 Å². The molecule has 0 saturated carbocycles. The molecule has 1 atom stereocenters. The minimum Gasteiger partial charge on any atom is -0.387 e. The molecule has 0 aliphatic carbocycles. The predicted octanol–water partition coefficient (Wildman–Crippen LogP) is 4.25. The van der Waals surface area contributed by atoms with Gasteiger partial charge >= 0.3 is 0 Å². The van der Waals surface area contributed by atoms with Gasteiger partial charge in [-0.15, -0.1) is 0 Å². The molecule has 1 heterocycles. The second-order valence-corrected chi connectivity index (χ2v) is 6.07. The molecule has 1 aromatic heterocycles. The van der Waals surface area contributed by atoms with Gasteiger partial charge in [-0.05, 0) is 19.1 Å². The van der Waals surface area contributed by atoms with Crippen molar-refractivity contribution in [2.75, 3.05) is 11.9 Å². The maximum absolute atomic E-state index is 11.2. The Labute approximate surface area is 149 Å². The van der Waals surface area contributed by atoms with E-state index in [-0.39, 0.29) is 12.2 Å². The van der Waals surface area contributed by atoms with E-state index in [0.717, 1.165) is 0 Å². The number of aryl methyl sites for hydroxylation is 1. The molecule has 0 radical (unpaired) electrons. The number of halogens is 1.